The summed E-state index contributed by atoms with van der Waals surface area (Å²) in [5.41, 5.74) is -0.338. The molecule has 1 saturated carbocycles. The molecule has 7 heteroatoms. The van der Waals surface area contributed by atoms with Gasteiger partial charge in [0.05, 0.1) is 19.3 Å². The number of aliphatic hydroxyl groups excluding tert-OH is 1. The maximum absolute atomic E-state index is 9.48. The van der Waals surface area contributed by atoms with Gasteiger partial charge in [-0.1, -0.05) is 12.8 Å². The summed E-state index contributed by atoms with van der Waals surface area (Å²) in [6.45, 7) is 0.0542. The number of nitrogens with one attached hydrogen (secondary N) is 1. The summed E-state index contributed by atoms with van der Waals surface area (Å²) in [6, 6.07) is 0.165. The minimum absolute atomic E-state index is 0.0542. The topological polar surface area (TPSA) is 80.2 Å². The summed E-state index contributed by atoms with van der Waals surface area (Å²) in [5.74, 6) is 0.345. The van der Waals surface area contributed by atoms with Crippen LogP contribution in [0.25, 0.3) is 0 Å². The summed E-state index contributed by atoms with van der Waals surface area (Å²) < 4.78 is 4.92. The first-order valence-corrected chi connectivity index (χ1v) is 5.90. The molecule has 1 aromatic rings. The lowest BCUT2D eigenvalue weighted by atomic mass is 9.99. The highest BCUT2D eigenvalue weighted by atomic mass is 35.5. The van der Waals surface area contributed by atoms with E-state index < -0.39 is 0 Å². The number of methoxy groups -OCH3 is 1. The Kier molecular flexibility index (Phi) is 3.63. The second kappa shape index (κ2) is 5.01. The molecule has 2 rings (SSSR count). The van der Waals surface area contributed by atoms with E-state index in [1.165, 1.54) is 7.11 Å². The van der Waals surface area contributed by atoms with Gasteiger partial charge in [0, 0.05) is 0 Å². The third kappa shape index (κ3) is 2.76. The van der Waals surface area contributed by atoms with Crippen molar-refractivity contribution in [3.63, 3.8) is 0 Å². The highest BCUT2D eigenvalue weighted by molar-refractivity contribution is 6.28. The van der Waals surface area contributed by atoms with Gasteiger partial charge in [0.25, 0.3) is 0 Å². The van der Waals surface area contributed by atoms with Crippen LogP contribution in [0.1, 0.15) is 25.7 Å². The number of anilines is 1. The van der Waals surface area contributed by atoms with Crippen LogP contribution in [-0.2, 0) is 0 Å². The van der Waals surface area contributed by atoms with Crippen LogP contribution in [0.5, 0.6) is 6.01 Å². The average molecular weight is 259 g/mol. The van der Waals surface area contributed by atoms with Crippen molar-refractivity contribution in [2.45, 2.75) is 31.2 Å². The van der Waals surface area contributed by atoms with Crippen LogP contribution in [0, 0.1) is 0 Å². The molecule has 0 amide bonds. The van der Waals surface area contributed by atoms with Gasteiger partial charge in [-0.3, -0.25) is 0 Å². The lowest BCUT2D eigenvalue weighted by molar-refractivity contribution is 0.213. The first-order valence-electron chi connectivity index (χ1n) is 5.52. The fourth-order valence-corrected chi connectivity index (χ4v) is 2.24. The van der Waals surface area contributed by atoms with Gasteiger partial charge in [0.1, 0.15) is 0 Å². The van der Waals surface area contributed by atoms with Crippen molar-refractivity contribution in [2.75, 3.05) is 19.0 Å². The van der Waals surface area contributed by atoms with Crippen molar-refractivity contribution in [3.8, 4) is 6.01 Å². The van der Waals surface area contributed by atoms with Crippen molar-refractivity contribution in [2.24, 2.45) is 0 Å². The third-order valence-corrected chi connectivity index (χ3v) is 3.18. The number of aromatic nitrogens is 3. The van der Waals surface area contributed by atoms with E-state index in [-0.39, 0.29) is 23.4 Å². The van der Waals surface area contributed by atoms with Crippen LogP contribution in [-0.4, -0.2) is 39.3 Å². The molecule has 17 heavy (non-hydrogen) atoms. The molecular weight excluding hydrogens is 244 g/mol. The van der Waals surface area contributed by atoms with Crippen LogP contribution < -0.4 is 10.1 Å². The van der Waals surface area contributed by atoms with Crippen molar-refractivity contribution in [1.29, 1.82) is 0 Å². The number of hydrogen-bond donors (Lipinski definition) is 2. The minimum Gasteiger partial charge on any atom is -0.467 e. The van der Waals surface area contributed by atoms with Crippen LogP contribution in [0.15, 0.2) is 0 Å². The molecule has 1 aromatic heterocycles. The van der Waals surface area contributed by atoms with Gasteiger partial charge in [-0.05, 0) is 24.4 Å². The molecule has 1 fully saturated rings. The molecule has 0 unspecified atom stereocenters. The van der Waals surface area contributed by atoms with E-state index in [0.717, 1.165) is 25.7 Å². The lowest BCUT2D eigenvalue weighted by Gasteiger charge is -2.27. The molecule has 0 atom stereocenters. The van der Waals surface area contributed by atoms with Crippen LogP contribution in [0.4, 0.5) is 5.95 Å². The van der Waals surface area contributed by atoms with E-state index in [2.05, 4.69) is 20.3 Å². The van der Waals surface area contributed by atoms with Gasteiger partial charge in [0.2, 0.25) is 11.2 Å². The Morgan fingerprint density at radius 1 is 1.35 bits per heavy atom. The Hall–Kier alpha value is -1.14. The van der Waals surface area contributed by atoms with E-state index in [4.69, 9.17) is 16.3 Å². The monoisotopic (exact) mass is 258 g/mol. The first-order chi connectivity index (χ1) is 8.17. The fourth-order valence-electron chi connectivity index (χ4n) is 2.09. The smallest absolute Gasteiger partial charge is 0.322 e. The second-order valence-electron chi connectivity index (χ2n) is 4.19. The molecule has 1 aliphatic carbocycles. The third-order valence-electron chi connectivity index (χ3n) is 3.01. The largest absolute Gasteiger partial charge is 0.467 e. The van der Waals surface area contributed by atoms with E-state index in [9.17, 15) is 5.11 Å². The van der Waals surface area contributed by atoms with E-state index in [0.29, 0.717) is 5.95 Å². The lowest BCUT2D eigenvalue weighted by Crippen LogP contribution is -2.39. The molecule has 94 valence electrons. The van der Waals surface area contributed by atoms with Gasteiger partial charge in [-0.2, -0.15) is 15.0 Å². The molecule has 0 spiro atoms. The summed E-state index contributed by atoms with van der Waals surface area (Å²) in [4.78, 5) is 11.8. The minimum atomic E-state index is -0.338. The van der Waals surface area contributed by atoms with Gasteiger partial charge in [-0.25, -0.2) is 0 Å². The summed E-state index contributed by atoms with van der Waals surface area (Å²) in [7, 11) is 1.47. The Balaban J connectivity index is 2.19. The molecule has 6 nitrogen and oxygen atoms in total. The predicted octanol–water partition coefficient (Wildman–Crippen LogP) is 1.25. The quantitative estimate of drug-likeness (QED) is 0.846. The molecule has 0 aliphatic heterocycles. The SMILES string of the molecule is COc1nc(Cl)nc(NC2(CO)CCCC2)n1. The van der Waals surface area contributed by atoms with Crippen molar-refractivity contribution in [1.82, 2.24) is 15.0 Å². The maximum Gasteiger partial charge on any atom is 0.322 e. The number of halogens is 1. The zero-order valence-electron chi connectivity index (χ0n) is 9.61. The maximum atomic E-state index is 9.48. The number of hydrogen-bond acceptors (Lipinski definition) is 6. The molecule has 2 N–H and O–H groups in total. The van der Waals surface area contributed by atoms with E-state index in [1.807, 2.05) is 0 Å². The Morgan fingerprint density at radius 2 is 2.06 bits per heavy atom. The second-order valence-corrected chi connectivity index (χ2v) is 4.52. The fraction of sp³-hybridized carbons (Fsp3) is 0.700. The number of rotatable bonds is 4. The number of ether oxygens (including phenoxy) is 1. The van der Waals surface area contributed by atoms with Crippen molar-refractivity contribution >= 4 is 17.5 Å². The van der Waals surface area contributed by atoms with Gasteiger partial charge < -0.3 is 15.2 Å². The van der Waals surface area contributed by atoms with Crippen molar-refractivity contribution < 1.29 is 9.84 Å². The molecule has 1 heterocycles. The van der Waals surface area contributed by atoms with Crippen LogP contribution >= 0.6 is 11.6 Å². The molecule has 1 aliphatic rings. The summed E-state index contributed by atoms with van der Waals surface area (Å²) >= 11 is 5.76. The molecular formula is C10H15ClN4O2. The van der Waals surface area contributed by atoms with Gasteiger partial charge in [0.15, 0.2) is 0 Å². The van der Waals surface area contributed by atoms with E-state index >= 15 is 0 Å². The zero-order valence-corrected chi connectivity index (χ0v) is 10.4. The Bertz CT molecular complexity index is 396. The Labute approximate surface area is 104 Å². The molecule has 0 bridgehead atoms. The predicted molar refractivity (Wildman–Crippen MR) is 63.3 cm³/mol. The molecule has 0 aromatic carbocycles. The first kappa shape index (κ1) is 12.3. The standard InChI is InChI=1S/C10H15ClN4O2/c1-17-9-13-7(11)12-8(14-9)15-10(6-16)4-2-3-5-10/h16H,2-6H2,1H3,(H,12,13,14,15). The highest BCUT2D eigenvalue weighted by Gasteiger charge is 2.34. The number of aliphatic hydroxyl groups is 1. The van der Waals surface area contributed by atoms with Crippen LogP contribution in [0.3, 0.4) is 0 Å². The normalized spacial score (nSPS) is 18.1. The molecule has 0 radical (unpaired) electrons. The summed E-state index contributed by atoms with van der Waals surface area (Å²) in [5, 5.41) is 12.7. The van der Waals surface area contributed by atoms with Crippen molar-refractivity contribution in [3.05, 3.63) is 5.28 Å². The average Bonchev–Trinajstić information content (AvgIpc) is 2.77. The Morgan fingerprint density at radius 3 is 2.65 bits per heavy atom. The highest BCUT2D eigenvalue weighted by Crippen LogP contribution is 2.32. The number of nitrogens with zero attached hydrogens (tertiary/aromatic N) is 3. The van der Waals surface area contributed by atoms with Gasteiger partial charge in [-0.15, -0.1) is 0 Å². The zero-order chi connectivity index (χ0) is 12.3. The van der Waals surface area contributed by atoms with E-state index in [1.54, 1.807) is 0 Å². The summed E-state index contributed by atoms with van der Waals surface area (Å²) in [6.07, 6.45) is 3.97. The van der Waals surface area contributed by atoms with Gasteiger partial charge >= 0.3 is 6.01 Å². The molecule has 0 saturated heterocycles. The van der Waals surface area contributed by atoms with Crippen LogP contribution in [0.2, 0.25) is 5.28 Å².